The molecule has 0 saturated heterocycles. The Morgan fingerprint density at radius 1 is 1.17 bits per heavy atom. The van der Waals surface area contributed by atoms with Crippen molar-refractivity contribution >= 4 is 27.8 Å². The summed E-state index contributed by atoms with van der Waals surface area (Å²) in [6.45, 7) is -0.00936. The van der Waals surface area contributed by atoms with Crippen LogP contribution in [0.1, 0.15) is 15.9 Å². The van der Waals surface area contributed by atoms with Gasteiger partial charge in [0.2, 0.25) is 0 Å². The summed E-state index contributed by atoms with van der Waals surface area (Å²) in [5.74, 6) is -1.81. The highest BCUT2D eigenvalue weighted by Gasteiger charge is 2.22. The summed E-state index contributed by atoms with van der Waals surface area (Å²) in [6.07, 6.45) is 1.09. The monoisotopic (exact) mass is 438 g/mol. The molecule has 0 spiro atoms. The van der Waals surface area contributed by atoms with Crippen LogP contribution in [-0.2, 0) is 21.6 Å². The van der Waals surface area contributed by atoms with Crippen LogP contribution in [0.3, 0.4) is 0 Å². The van der Waals surface area contributed by atoms with E-state index in [-0.39, 0.29) is 39.9 Å². The van der Waals surface area contributed by atoms with Gasteiger partial charge in [-0.15, -0.1) is 0 Å². The van der Waals surface area contributed by atoms with E-state index in [1.807, 2.05) is 0 Å². The van der Waals surface area contributed by atoms with Crippen molar-refractivity contribution in [1.29, 1.82) is 0 Å². The molecule has 0 amide bonds. The predicted octanol–water partition coefficient (Wildman–Crippen LogP) is 1.84. The van der Waals surface area contributed by atoms with Crippen molar-refractivity contribution < 1.29 is 28.3 Å². The molecule has 3 rings (SSSR count). The van der Waals surface area contributed by atoms with E-state index < -0.39 is 16.2 Å². The number of rotatable bonds is 7. The van der Waals surface area contributed by atoms with E-state index in [0.717, 1.165) is 12.3 Å². The van der Waals surface area contributed by atoms with Crippen molar-refractivity contribution in [3.05, 3.63) is 64.8 Å². The van der Waals surface area contributed by atoms with Gasteiger partial charge >= 0.3 is 16.2 Å². The summed E-state index contributed by atoms with van der Waals surface area (Å²) < 4.78 is 26.1. The summed E-state index contributed by atoms with van der Waals surface area (Å²) in [5.41, 5.74) is 0.613. The van der Waals surface area contributed by atoms with E-state index in [1.165, 1.54) is 6.07 Å². The van der Waals surface area contributed by atoms with E-state index >= 15 is 0 Å². The van der Waals surface area contributed by atoms with Crippen molar-refractivity contribution in [2.24, 2.45) is 0 Å². The molecule has 152 valence electrons. The van der Waals surface area contributed by atoms with E-state index in [9.17, 15) is 23.4 Å². The quantitative estimate of drug-likeness (QED) is 0.352. The Morgan fingerprint density at radius 2 is 1.90 bits per heavy atom. The second-order valence-electron chi connectivity index (χ2n) is 5.76. The second kappa shape index (κ2) is 8.49. The lowest BCUT2D eigenvalue weighted by atomic mass is 10.1. The maximum Gasteiger partial charge on any atom is 0.361 e. The van der Waals surface area contributed by atoms with Crippen LogP contribution < -0.4 is 9.61 Å². The number of carbonyl (C=O) groups excluding carboxylic acids is 1. The Hall–Kier alpha value is -3.12. The minimum Gasteiger partial charge on any atom is -0.507 e. The molecule has 12 heteroatoms. The number of aromatic nitrogens is 2. The highest BCUT2D eigenvalue weighted by molar-refractivity contribution is 7.87. The first-order valence-corrected chi connectivity index (χ1v) is 9.89. The number of phenolic OH excluding ortho intramolecular Hbond substituents is 2. The largest absolute Gasteiger partial charge is 0.507 e. The summed E-state index contributed by atoms with van der Waals surface area (Å²) in [6, 6.07) is 10.9. The van der Waals surface area contributed by atoms with E-state index in [0.29, 0.717) is 5.56 Å². The molecule has 0 fully saturated rings. The Labute approximate surface area is 170 Å². The fourth-order valence-corrected chi connectivity index (χ4v) is 3.11. The van der Waals surface area contributed by atoms with Crippen LogP contribution in [0.25, 0.3) is 11.3 Å². The van der Waals surface area contributed by atoms with Crippen LogP contribution >= 0.6 is 11.6 Å². The molecule has 0 saturated carbocycles. The van der Waals surface area contributed by atoms with Gasteiger partial charge in [-0.2, -0.15) is 18.2 Å². The summed E-state index contributed by atoms with van der Waals surface area (Å²) in [5, 5.41) is 25.6. The zero-order chi connectivity index (χ0) is 21.0. The maximum atomic E-state index is 12.3. The van der Waals surface area contributed by atoms with Crippen molar-refractivity contribution in [2.45, 2.75) is 6.54 Å². The van der Waals surface area contributed by atoms with Gasteiger partial charge in [-0.1, -0.05) is 41.9 Å². The number of H-pyrrole nitrogens is 1. The smallest absolute Gasteiger partial charge is 0.361 e. The molecular weight excluding hydrogens is 424 g/mol. The van der Waals surface area contributed by atoms with Crippen molar-refractivity contribution in [3.63, 3.8) is 0 Å². The fourth-order valence-electron chi connectivity index (χ4n) is 2.35. The number of halogens is 1. The Bertz CT molecular complexity index is 1130. The van der Waals surface area contributed by atoms with E-state index in [4.69, 9.17) is 11.6 Å². The number of nitrogens with zero attached hydrogens (tertiary/aromatic N) is 1. The Kier molecular flexibility index (Phi) is 6.03. The lowest BCUT2D eigenvalue weighted by Gasteiger charge is -2.09. The van der Waals surface area contributed by atoms with Gasteiger partial charge in [-0.05, 0) is 16.5 Å². The highest BCUT2D eigenvalue weighted by Crippen LogP contribution is 2.37. The van der Waals surface area contributed by atoms with Crippen molar-refractivity contribution in [2.75, 3.05) is 0 Å². The molecular formula is C17H15ClN4O6S. The number of hydrogen-bond acceptors (Lipinski definition) is 7. The number of carbonyl (C=O) groups is 1. The molecule has 0 aliphatic rings. The molecule has 29 heavy (non-hydrogen) atoms. The van der Waals surface area contributed by atoms with E-state index in [1.54, 1.807) is 35.2 Å². The van der Waals surface area contributed by atoms with Gasteiger partial charge in [-0.3, -0.25) is 5.10 Å². The first-order chi connectivity index (χ1) is 13.8. The molecule has 0 bridgehead atoms. The molecule has 3 aromatic rings. The van der Waals surface area contributed by atoms with Crippen LogP contribution in [0.4, 0.5) is 0 Å². The van der Waals surface area contributed by atoms with Crippen molar-refractivity contribution in [3.8, 4) is 22.8 Å². The number of hydrogen-bond donors (Lipinski definition) is 5. The summed E-state index contributed by atoms with van der Waals surface area (Å²) in [7, 11) is -4.14. The van der Waals surface area contributed by atoms with Crippen LogP contribution in [0.2, 0.25) is 5.02 Å². The van der Waals surface area contributed by atoms with Gasteiger partial charge in [0.1, 0.15) is 17.1 Å². The highest BCUT2D eigenvalue weighted by atomic mass is 35.5. The zero-order valence-corrected chi connectivity index (χ0v) is 16.2. The Balaban J connectivity index is 1.69. The molecule has 0 aliphatic heterocycles. The summed E-state index contributed by atoms with van der Waals surface area (Å²) in [4.78, 5) is 18.6. The number of benzene rings is 2. The zero-order valence-electron chi connectivity index (χ0n) is 14.6. The number of aromatic hydroxyl groups is 2. The second-order valence-corrected chi connectivity index (χ2v) is 7.63. The fraction of sp³-hybridized carbons (Fsp3) is 0.0588. The lowest BCUT2D eigenvalue weighted by molar-refractivity contribution is 0.0406. The van der Waals surface area contributed by atoms with Crippen molar-refractivity contribution in [1.82, 2.24) is 19.8 Å². The number of phenols is 2. The molecule has 1 aromatic heterocycles. The average molecular weight is 439 g/mol. The van der Waals surface area contributed by atoms with Gasteiger partial charge in [0, 0.05) is 18.2 Å². The van der Waals surface area contributed by atoms with Crippen LogP contribution in [0.15, 0.2) is 48.7 Å². The molecule has 0 aliphatic carbocycles. The maximum absolute atomic E-state index is 12.3. The third-order valence-electron chi connectivity index (χ3n) is 3.75. The minimum absolute atomic E-state index is 0.00936. The van der Waals surface area contributed by atoms with Gasteiger partial charge in [0.25, 0.3) is 0 Å². The molecule has 0 unspecified atom stereocenters. The molecule has 5 N–H and O–H groups in total. The topological polar surface area (TPSA) is 154 Å². The standard InChI is InChI=1S/C17H15ClN4O6S/c18-13-6-11(14(23)7-15(13)24)16-12(9-19-21-16)17(25)28-22-29(26,27)20-8-10-4-2-1-3-5-10/h1-7,9,20,22-24H,8H2,(H,19,21). The first kappa shape index (κ1) is 20.6. The molecule has 0 radical (unpaired) electrons. The van der Waals surface area contributed by atoms with Crippen LogP contribution in [-0.4, -0.2) is 34.8 Å². The van der Waals surface area contributed by atoms with Gasteiger partial charge in [0.05, 0.1) is 16.9 Å². The van der Waals surface area contributed by atoms with Crippen LogP contribution in [0.5, 0.6) is 11.5 Å². The number of aromatic amines is 1. The molecule has 10 nitrogen and oxygen atoms in total. The normalized spacial score (nSPS) is 11.3. The lowest BCUT2D eigenvalue weighted by Crippen LogP contribution is -2.37. The van der Waals surface area contributed by atoms with Crippen LogP contribution in [0, 0.1) is 0 Å². The van der Waals surface area contributed by atoms with Gasteiger partial charge in [-0.25, -0.2) is 4.79 Å². The number of nitrogens with one attached hydrogen (secondary N) is 3. The SMILES string of the molecule is O=C(ONS(=O)(=O)NCc1ccccc1)c1cn[nH]c1-c1cc(Cl)c(O)cc1O. The van der Waals surface area contributed by atoms with Gasteiger partial charge in [0.15, 0.2) is 0 Å². The first-order valence-electron chi connectivity index (χ1n) is 8.03. The molecule has 0 atom stereocenters. The third-order valence-corrected chi connectivity index (χ3v) is 4.88. The third kappa shape index (κ3) is 5.03. The minimum atomic E-state index is -4.14. The molecule has 2 aromatic carbocycles. The summed E-state index contributed by atoms with van der Waals surface area (Å²) >= 11 is 5.83. The van der Waals surface area contributed by atoms with E-state index in [2.05, 4.69) is 19.8 Å². The predicted molar refractivity (Wildman–Crippen MR) is 103 cm³/mol. The Morgan fingerprint density at radius 3 is 2.62 bits per heavy atom. The average Bonchev–Trinajstić information content (AvgIpc) is 3.18. The molecule has 1 heterocycles. The van der Waals surface area contributed by atoms with Gasteiger partial charge < -0.3 is 15.1 Å².